The molecule has 2 N–H and O–H groups in total. The summed E-state index contributed by atoms with van der Waals surface area (Å²) in [5.41, 5.74) is 2.21. The second kappa shape index (κ2) is 11.4. The first-order valence-corrected chi connectivity index (χ1v) is 12.8. The van der Waals surface area contributed by atoms with Crippen molar-refractivity contribution in [2.45, 2.75) is 46.3 Å². The number of phenols is 1. The standard InChI is InChI=1S/C31H31NO7/c1-5-16-38-25-15-10-22(17-19(25)4)28(34)26-27(20-8-13-24(33)14-9-20)32(30(36)29(26)35)23-11-6-21(7-12-23)31(37)39-18(2)3/h6-15,17-18,27,33-34H,5,16H2,1-4H3/b28-26-. The smallest absolute Gasteiger partial charge is 0.338 e. The zero-order valence-electron chi connectivity index (χ0n) is 22.3. The molecule has 39 heavy (non-hydrogen) atoms. The molecular formula is C31H31NO7. The third kappa shape index (κ3) is 5.65. The summed E-state index contributed by atoms with van der Waals surface area (Å²) in [5, 5.41) is 21.2. The van der Waals surface area contributed by atoms with Crippen molar-refractivity contribution in [3.63, 3.8) is 0 Å². The minimum atomic E-state index is -0.976. The van der Waals surface area contributed by atoms with Crippen LogP contribution in [0.1, 0.15) is 60.3 Å². The zero-order valence-corrected chi connectivity index (χ0v) is 22.3. The average Bonchev–Trinajstić information content (AvgIpc) is 3.17. The number of aromatic hydroxyl groups is 1. The number of rotatable bonds is 8. The Morgan fingerprint density at radius 1 is 0.974 bits per heavy atom. The van der Waals surface area contributed by atoms with Gasteiger partial charge in [0.25, 0.3) is 11.7 Å². The molecule has 0 bridgehead atoms. The van der Waals surface area contributed by atoms with Crippen molar-refractivity contribution in [3.05, 3.63) is 94.6 Å². The van der Waals surface area contributed by atoms with Crippen LogP contribution in [0.3, 0.4) is 0 Å². The van der Waals surface area contributed by atoms with Gasteiger partial charge in [0.2, 0.25) is 0 Å². The molecular weight excluding hydrogens is 498 g/mol. The van der Waals surface area contributed by atoms with Crippen LogP contribution >= 0.6 is 0 Å². The number of amides is 1. The van der Waals surface area contributed by atoms with Gasteiger partial charge in [-0.05, 0) is 92.9 Å². The van der Waals surface area contributed by atoms with Crippen LogP contribution in [-0.2, 0) is 14.3 Å². The highest BCUT2D eigenvalue weighted by molar-refractivity contribution is 6.51. The third-order valence-electron chi connectivity index (χ3n) is 6.29. The highest BCUT2D eigenvalue weighted by atomic mass is 16.5. The number of ketones is 1. The van der Waals surface area contributed by atoms with E-state index in [1.54, 1.807) is 56.3 Å². The molecule has 202 valence electrons. The van der Waals surface area contributed by atoms with Crippen LogP contribution in [0.5, 0.6) is 11.5 Å². The number of aliphatic hydroxyl groups excluding tert-OH is 1. The van der Waals surface area contributed by atoms with Gasteiger partial charge in [-0.1, -0.05) is 19.1 Å². The Kier molecular flexibility index (Phi) is 8.04. The number of nitrogens with zero attached hydrogens (tertiary/aromatic N) is 1. The summed E-state index contributed by atoms with van der Waals surface area (Å²) in [7, 11) is 0. The number of anilines is 1. The van der Waals surface area contributed by atoms with E-state index < -0.39 is 23.7 Å². The largest absolute Gasteiger partial charge is 0.508 e. The monoisotopic (exact) mass is 529 g/mol. The van der Waals surface area contributed by atoms with Crippen LogP contribution in [0.25, 0.3) is 5.76 Å². The summed E-state index contributed by atoms with van der Waals surface area (Å²) in [6.45, 7) is 7.88. The summed E-state index contributed by atoms with van der Waals surface area (Å²) in [5.74, 6) is -1.82. The number of Topliss-reactive ketones (excluding diaryl/α,β-unsaturated/α-hetero) is 1. The molecule has 1 aliphatic heterocycles. The van der Waals surface area contributed by atoms with Gasteiger partial charge in [0.05, 0.1) is 29.9 Å². The molecule has 1 unspecified atom stereocenters. The van der Waals surface area contributed by atoms with E-state index in [9.17, 15) is 24.6 Å². The van der Waals surface area contributed by atoms with E-state index in [1.165, 1.54) is 29.2 Å². The van der Waals surface area contributed by atoms with Gasteiger partial charge in [0.1, 0.15) is 17.3 Å². The van der Waals surface area contributed by atoms with E-state index in [0.29, 0.717) is 34.7 Å². The lowest BCUT2D eigenvalue weighted by Crippen LogP contribution is -2.29. The SMILES string of the molecule is CCCOc1ccc(/C(O)=C2/C(=O)C(=O)N(c3ccc(C(=O)OC(C)C)cc3)C2c2ccc(O)cc2)cc1C. The van der Waals surface area contributed by atoms with Gasteiger partial charge in [0, 0.05) is 11.3 Å². The number of hydrogen-bond acceptors (Lipinski definition) is 7. The number of phenolic OH excluding ortho intramolecular Hbond substituents is 1. The van der Waals surface area contributed by atoms with Gasteiger partial charge in [-0.25, -0.2) is 4.79 Å². The zero-order chi connectivity index (χ0) is 28.3. The molecule has 4 rings (SSSR count). The van der Waals surface area contributed by atoms with Crippen LogP contribution in [-0.4, -0.2) is 40.6 Å². The number of benzene rings is 3. The summed E-state index contributed by atoms with van der Waals surface area (Å²) < 4.78 is 11.0. The molecule has 1 aliphatic rings. The van der Waals surface area contributed by atoms with Crippen molar-refractivity contribution in [1.29, 1.82) is 0 Å². The van der Waals surface area contributed by atoms with Crippen LogP contribution in [0, 0.1) is 6.92 Å². The number of carbonyl (C=O) groups excluding carboxylic acids is 3. The third-order valence-corrected chi connectivity index (χ3v) is 6.29. The molecule has 8 nitrogen and oxygen atoms in total. The molecule has 3 aromatic rings. The van der Waals surface area contributed by atoms with Crippen LogP contribution < -0.4 is 9.64 Å². The van der Waals surface area contributed by atoms with Gasteiger partial charge in [-0.2, -0.15) is 0 Å². The van der Waals surface area contributed by atoms with E-state index in [2.05, 4.69) is 0 Å². The normalized spacial score (nSPS) is 16.5. The Balaban J connectivity index is 1.81. The maximum absolute atomic E-state index is 13.4. The Bertz CT molecular complexity index is 1420. The predicted molar refractivity (Wildman–Crippen MR) is 147 cm³/mol. The second-order valence-corrected chi connectivity index (χ2v) is 9.59. The van der Waals surface area contributed by atoms with Crippen LogP contribution in [0.15, 0.2) is 72.3 Å². The van der Waals surface area contributed by atoms with Crippen LogP contribution in [0.2, 0.25) is 0 Å². The lowest BCUT2D eigenvalue weighted by Gasteiger charge is -2.25. The molecule has 0 spiro atoms. The fourth-order valence-electron chi connectivity index (χ4n) is 4.44. The minimum absolute atomic E-state index is 0.0158. The molecule has 0 aliphatic carbocycles. The fourth-order valence-corrected chi connectivity index (χ4v) is 4.44. The molecule has 1 atom stereocenters. The van der Waals surface area contributed by atoms with Gasteiger partial charge < -0.3 is 19.7 Å². The van der Waals surface area contributed by atoms with Gasteiger partial charge in [-0.3, -0.25) is 14.5 Å². The van der Waals surface area contributed by atoms with E-state index in [1.807, 2.05) is 13.8 Å². The topological polar surface area (TPSA) is 113 Å². The second-order valence-electron chi connectivity index (χ2n) is 9.59. The Morgan fingerprint density at radius 3 is 2.21 bits per heavy atom. The van der Waals surface area contributed by atoms with Crippen molar-refractivity contribution in [2.75, 3.05) is 11.5 Å². The molecule has 8 heteroatoms. The maximum Gasteiger partial charge on any atom is 0.338 e. The van der Waals surface area contributed by atoms with E-state index >= 15 is 0 Å². The quantitative estimate of drug-likeness (QED) is 0.167. The van der Waals surface area contributed by atoms with E-state index in [4.69, 9.17) is 9.47 Å². The van der Waals surface area contributed by atoms with Crippen molar-refractivity contribution in [1.82, 2.24) is 0 Å². The molecule has 0 radical (unpaired) electrons. The lowest BCUT2D eigenvalue weighted by atomic mass is 9.94. The Hall–Kier alpha value is -4.59. The first kappa shape index (κ1) is 27.4. The highest BCUT2D eigenvalue weighted by Gasteiger charge is 2.47. The maximum atomic E-state index is 13.4. The van der Waals surface area contributed by atoms with Crippen LogP contribution in [0.4, 0.5) is 5.69 Å². The molecule has 0 saturated carbocycles. The van der Waals surface area contributed by atoms with E-state index in [-0.39, 0.29) is 23.2 Å². The average molecular weight is 530 g/mol. The Morgan fingerprint density at radius 2 is 1.62 bits per heavy atom. The minimum Gasteiger partial charge on any atom is -0.508 e. The summed E-state index contributed by atoms with van der Waals surface area (Å²) in [6.07, 6.45) is 0.553. The van der Waals surface area contributed by atoms with E-state index in [0.717, 1.165) is 12.0 Å². The molecule has 0 aromatic heterocycles. The molecule has 3 aromatic carbocycles. The lowest BCUT2D eigenvalue weighted by molar-refractivity contribution is -0.132. The van der Waals surface area contributed by atoms with Gasteiger partial charge in [-0.15, -0.1) is 0 Å². The summed E-state index contributed by atoms with van der Waals surface area (Å²) in [4.78, 5) is 40.3. The highest BCUT2D eigenvalue weighted by Crippen LogP contribution is 2.42. The number of ether oxygens (including phenoxy) is 2. The number of carbonyl (C=O) groups is 3. The molecule has 1 fully saturated rings. The predicted octanol–water partition coefficient (Wildman–Crippen LogP) is 5.68. The summed E-state index contributed by atoms with van der Waals surface area (Å²) in [6, 6.07) is 16.3. The number of hydrogen-bond donors (Lipinski definition) is 2. The number of esters is 1. The molecule has 1 heterocycles. The first-order chi connectivity index (χ1) is 18.6. The van der Waals surface area contributed by atoms with Crippen molar-refractivity contribution < 1.29 is 34.1 Å². The van der Waals surface area contributed by atoms with Gasteiger partial charge >= 0.3 is 5.97 Å². The fraction of sp³-hybridized carbons (Fsp3) is 0.258. The first-order valence-electron chi connectivity index (χ1n) is 12.8. The summed E-state index contributed by atoms with van der Waals surface area (Å²) >= 11 is 0. The molecule has 1 saturated heterocycles. The van der Waals surface area contributed by atoms with Crippen molar-refractivity contribution >= 4 is 29.1 Å². The Labute approximate surface area is 227 Å². The van der Waals surface area contributed by atoms with Gasteiger partial charge in [0.15, 0.2) is 0 Å². The number of aryl methyl sites for hydroxylation is 1. The number of aliphatic hydroxyl groups is 1. The van der Waals surface area contributed by atoms with Crippen molar-refractivity contribution in [2.24, 2.45) is 0 Å². The molecule has 1 amide bonds. The van der Waals surface area contributed by atoms with Crippen molar-refractivity contribution in [3.8, 4) is 11.5 Å².